The maximum absolute atomic E-state index is 13.3. The molecule has 0 aliphatic carbocycles. The first-order valence-electron chi connectivity index (χ1n) is 53.8. The summed E-state index contributed by atoms with van der Waals surface area (Å²) in [6, 6.07) is 14.5. The van der Waals surface area contributed by atoms with Crippen LogP contribution >= 0.6 is 0 Å². The number of hydrogen-bond acceptors (Lipinski definition) is 35. The molecule has 0 radical (unpaired) electrons. The van der Waals surface area contributed by atoms with Crippen LogP contribution in [0.4, 0.5) is 0 Å². The molecule has 4 rings (SSSR count). The Morgan fingerprint density at radius 2 is 0.399 bits per heavy atom. The van der Waals surface area contributed by atoms with E-state index in [4.69, 9.17) is 146 Å². The molecule has 4 atom stereocenters. The molecule has 0 amide bonds. The van der Waals surface area contributed by atoms with Crippen molar-refractivity contribution in [3.63, 3.8) is 0 Å². The Bertz CT molecular complexity index is 3470. The Labute approximate surface area is 938 Å². The summed E-state index contributed by atoms with van der Waals surface area (Å²) in [5, 5.41) is 0. The fourth-order valence-corrected chi connectivity index (χ4v) is 158. The summed E-state index contributed by atoms with van der Waals surface area (Å²) >= 11 is 0. The number of esters is 1. The first kappa shape index (κ1) is 151. The summed E-state index contributed by atoms with van der Waals surface area (Å²) in [5.41, 5.74) is 0. The van der Waals surface area contributed by atoms with Gasteiger partial charge in [0.1, 0.15) is 0 Å². The minimum absolute atomic E-state index is 0.260. The minimum atomic E-state index is -2.99. The summed E-state index contributed by atoms with van der Waals surface area (Å²) in [6.45, 7) is 99.7. The van der Waals surface area contributed by atoms with Gasteiger partial charge in [-0.25, -0.2) is 0 Å². The van der Waals surface area contributed by atoms with Crippen LogP contribution in [0.2, 0.25) is 397 Å². The molecular formula is C83H224O35Si30. The van der Waals surface area contributed by atoms with Crippen LogP contribution < -0.4 is 0 Å². The Balaban J connectivity index is 0.00000100. The van der Waals surface area contributed by atoms with E-state index < -0.39 is 263 Å². The molecule has 4 fully saturated rings. The highest BCUT2D eigenvalue weighted by atomic mass is 28.6. The smallest absolute Gasteiger partial charge is 0.465 e. The fraction of sp³-hybridized carbons (Fsp3) is 0.988. The van der Waals surface area contributed by atoms with Crippen molar-refractivity contribution in [1.82, 2.24) is 0 Å². The monoisotopic (exact) mass is 2620 g/mol. The maximum atomic E-state index is 13.3. The largest absolute Gasteiger partial charge is 0.500 e. The van der Waals surface area contributed by atoms with Crippen molar-refractivity contribution in [3.8, 4) is 0 Å². The number of hydrogen-bond donors (Lipinski definition) is 0. The molecule has 4 aliphatic heterocycles. The van der Waals surface area contributed by atoms with Gasteiger partial charge in [0.2, 0.25) is 0 Å². The maximum Gasteiger partial charge on any atom is 0.500 e. The van der Waals surface area contributed by atoms with E-state index in [1.165, 1.54) is 0 Å². The van der Waals surface area contributed by atoms with Crippen LogP contribution in [0.15, 0.2) is 0 Å². The zero-order valence-electron chi connectivity index (χ0n) is 105. The van der Waals surface area contributed by atoms with Gasteiger partial charge in [0.15, 0.2) is 49.9 Å². The fourth-order valence-electron chi connectivity index (χ4n) is 19.4. The number of rotatable bonds is 57. The van der Waals surface area contributed by atoms with Gasteiger partial charge in [-0.05, 0) is 321 Å². The van der Waals surface area contributed by atoms with Crippen LogP contribution in [-0.2, 0) is 150 Å². The Hall–Kier alpha value is 4.66. The highest BCUT2D eigenvalue weighted by molar-refractivity contribution is 6.99. The highest BCUT2D eigenvalue weighted by Crippen LogP contribution is 2.46. The van der Waals surface area contributed by atoms with Gasteiger partial charge < -0.3 is 146 Å². The van der Waals surface area contributed by atoms with Gasteiger partial charge in [-0.2, -0.15) is 0 Å². The number of carbonyl (C=O) groups is 1. The van der Waals surface area contributed by atoms with Crippen LogP contribution in [-0.4, -0.2) is 380 Å². The van der Waals surface area contributed by atoms with Gasteiger partial charge in [0.05, 0.1) is 47.7 Å². The van der Waals surface area contributed by atoms with E-state index in [-0.39, 0.29) is 12.6 Å². The molecule has 0 saturated carbocycles. The Morgan fingerprint density at radius 1 is 0.236 bits per heavy atom. The lowest BCUT2D eigenvalue weighted by atomic mass is 10.2. The standard InChI is InChI=1S/C29H74O11Si9.3C18H50O8Si7/c1-28(29(30)34-20-19-21-49(31-2,32-3)33-4)26-48(18)38-45(14,15)37-46(16,24-22-43(10,11)35-27-41(5)6)39-47(17,40-48)25-23-44(12,13)36-42(7,8)9;3*1-19-33(20-2,21-3)17-16-32(13)25-29(8,9)23-31(12,24-30(10,11)26-32)15-14-28(6,7)22-18-27(4)5/h28,41H,19-27H2,1-18H3;3*27H,14-18H2,1-13H3. The molecule has 0 spiro atoms. The van der Waals surface area contributed by atoms with Crippen molar-refractivity contribution in [2.75, 3.05) is 117 Å². The molecule has 0 N–H and O–H groups in total. The summed E-state index contributed by atoms with van der Waals surface area (Å²) in [7, 11) is -46.9. The van der Waals surface area contributed by atoms with Gasteiger partial charge in [-0.1, -0.05) is 59.3 Å². The SMILES string of the molecule is CO[Si](CCCOC(=O)C(C)C[Si]1(C)O[Si](C)(C)O[Si](C)(CC[Si](C)(C)OC[SiH](C)C)O[Si](C)(CC[Si](C)(C)O[Si](C)(C)C)O1)(OC)OC.CO[Si](CC[Si]1(C)O[Si](C)(C)O[Si](C)(CC[Si](C)(C)OC[SiH](C)C)O[Si](C)(C)O1)(OC)OC.CO[Si](CC[Si]1(C)O[Si](C)(C)O[Si](C)(CC[Si](C)(C)OC[SiH](C)C)O[Si](C)(C)O1)(OC)OC.CO[Si](CC[Si]1(C)O[Si](C)(C)O[Si](C)(CC[Si](C)(C)OC[SiH](C)C)O[Si](C)(C)O1)(OC)OC. The van der Waals surface area contributed by atoms with Crippen LogP contribution in [0.5, 0.6) is 0 Å². The molecule has 65 heteroatoms. The quantitative estimate of drug-likeness (QED) is 0.0310. The number of ether oxygens (including phenoxy) is 1. The third-order valence-corrected chi connectivity index (χ3v) is 130. The summed E-state index contributed by atoms with van der Waals surface area (Å²) < 4.78 is 216. The second kappa shape index (κ2) is 61.5. The lowest BCUT2D eigenvalue weighted by Crippen LogP contribution is -2.67. The minimum Gasteiger partial charge on any atom is -0.465 e. The van der Waals surface area contributed by atoms with Crippen molar-refractivity contribution in [3.05, 3.63) is 0 Å². The molecule has 4 aliphatic rings. The van der Waals surface area contributed by atoms with E-state index in [0.29, 0.717) is 54.8 Å². The molecule has 4 unspecified atom stereocenters. The van der Waals surface area contributed by atoms with Gasteiger partial charge in [-0.15, -0.1) is 0 Å². The summed E-state index contributed by atoms with van der Waals surface area (Å²) in [5.74, 6) is -0.674. The van der Waals surface area contributed by atoms with Crippen molar-refractivity contribution >= 4 is 263 Å². The molecule has 4 heterocycles. The summed E-state index contributed by atoms with van der Waals surface area (Å²) in [6.07, 6.45) is 4.35. The predicted octanol–water partition coefficient (Wildman–Crippen LogP) is 22.0. The van der Waals surface area contributed by atoms with Gasteiger partial charge in [0.25, 0.3) is 0 Å². The van der Waals surface area contributed by atoms with E-state index >= 15 is 0 Å². The zero-order valence-corrected chi connectivity index (χ0v) is 135. The van der Waals surface area contributed by atoms with Crippen LogP contribution in [0, 0.1) is 5.92 Å². The molecule has 4 saturated heterocycles. The first-order chi connectivity index (χ1) is 66.6. The first-order valence-corrected chi connectivity index (χ1v) is 135. The molecule has 35 nitrogen and oxygen atoms in total. The van der Waals surface area contributed by atoms with E-state index in [1.54, 1.807) is 85.3 Å². The normalized spacial score (nSPS) is 27.8. The van der Waals surface area contributed by atoms with Crippen LogP contribution in [0.1, 0.15) is 13.3 Å². The second-order valence-corrected chi connectivity index (χ2v) is 160. The molecule has 0 aromatic heterocycles. The van der Waals surface area contributed by atoms with E-state index in [2.05, 4.69) is 288 Å². The molecule has 0 aromatic carbocycles. The van der Waals surface area contributed by atoms with Gasteiger partial charge in [0, 0.05) is 140 Å². The third-order valence-electron chi connectivity index (χ3n) is 25.4. The van der Waals surface area contributed by atoms with Gasteiger partial charge in [-0.3, -0.25) is 4.79 Å². The third kappa shape index (κ3) is 58.7. The lowest BCUT2D eigenvalue weighted by molar-refractivity contribution is -0.147. The molecule has 148 heavy (non-hydrogen) atoms. The molecule has 0 aromatic rings. The van der Waals surface area contributed by atoms with Crippen molar-refractivity contribution in [2.24, 2.45) is 5.92 Å². The van der Waals surface area contributed by atoms with E-state index in [0.717, 1.165) is 85.4 Å². The molecule has 886 valence electrons. The Morgan fingerprint density at radius 3 is 0.588 bits per heavy atom. The highest BCUT2D eigenvalue weighted by Gasteiger charge is 2.63. The zero-order chi connectivity index (χ0) is 115. The van der Waals surface area contributed by atoms with E-state index in [1.807, 2.05) is 6.92 Å². The van der Waals surface area contributed by atoms with Crippen LogP contribution in [0.3, 0.4) is 0 Å². The average molecular weight is 2630 g/mol. The van der Waals surface area contributed by atoms with Crippen molar-refractivity contribution in [2.45, 2.75) is 410 Å². The average Bonchev–Trinajstić information content (AvgIpc) is 1.14. The lowest BCUT2D eigenvalue weighted by Gasteiger charge is -2.50. The van der Waals surface area contributed by atoms with Crippen LogP contribution in [0.25, 0.3) is 0 Å². The molecular weight excluding hydrogens is 2400 g/mol. The topological polar surface area (TPSA) is 331 Å². The Kier molecular flexibility index (Phi) is 62.6. The van der Waals surface area contributed by atoms with Crippen molar-refractivity contribution in [1.29, 1.82) is 0 Å². The van der Waals surface area contributed by atoms with Crippen molar-refractivity contribution < 1.29 is 150 Å². The van der Waals surface area contributed by atoms with E-state index in [9.17, 15) is 4.79 Å². The predicted molar refractivity (Wildman–Crippen MR) is 674 cm³/mol. The molecule has 0 bridgehead atoms. The summed E-state index contributed by atoms with van der Waals surface area (Å²) in [4.78, 5) is 13.3. The van der Waals surface area contributed by atoms with Gasteiger partial charge >= 0.3 is 178 Å². The second-order valence-electron chi connectivity index (χ2n) is 51.0. The number of carbonyl (C=O) groups excluding carboxylic acids is 1.